The number of nitrogens with zero attached hydrogens (tertiary/aromatic N) is 2. The van der Waals surface area contributed by atoms with Gasteiger partial charge in [0.15, 0.2) is 5.58 Å². The van der Waals surface area contributed by atoms with Crippen LogP contribution in [0.1, 0.15) is 62.9 Å². The number of rotatable bonds is 6. The van der Waals surface area contributed by atoms with E-state index in [0.29, 0.717) is 5.56 Å². The maximum atomic E-state index is 13.9. The third-order valence-corrected chi connectivity index (χ3v) is 6.25. The largest absolute Gasteiger partial charge is 0.492 e. The SMILES string of the molecule is CC(C)n1c(=O)oc2cc(OC[C@@H]3C[C@](O)(c4ccc(C(F)F)nc4)C[C@H](C)N3)cc(C(F)(F)F)c21. The Kier molecular flexibility index (Phi) is 6.86. The van der Waals surface area contributed by atoms with Crippen LogP contribution < -0.4 is 15.8 Å². The van der Waals surface area contributed by atoms with E-state index in [4.69, 9.17) is 9.15 Å². The summed E-state index contributed by atoms with van der Waals surface area (Å²) in [5.74, 6) is -1.05. The summed E-state index contributed by atoms with van der Waals surface area (Å²) in [5.41, 5.74) is -3.09. The van der Waals surface area contributed by atoms with Gasteiger partial charge < -0.3 is 19.6 Å². The number of pyridine rings is 1. The molecule has 2 N–H and O–H groups in total. The highest BCUT2D eigenvalue weighted by molar-refractivity contribution is 5.80. The van der Waals surface area contributed by atoms with Gasteiger partial charge in [0.05, 0.1) is 11.2 Å². The number of halogens is 5. The van der Waals surface area contributed by atoms with Crippen molar-refractivity contribution in [2.45, 2.75) is 69.9 Å². The molecule has 4 rings (SSSR count). The summed E-state index contributed by atoms with van der Waals surface area (Å²) in [5, 5.41) is 14.5. The van der Waals surface area contributed by atoms with E-state index in [0.717, 1.165) is 16.7 Å². The minimum Gasteiger partial charge on any atom is -0.492 e. The van der Waals surface area contributed by atoms with Crippen LogP contribution in [0.3, 0.4) is 0 Å². The number of hydrogen-bond acceptors (Lipinski definition) is 6. The number of oxazole rings is 1. The van der Waals surface area contributed by atoms with Crippen LogP contribution >= 0.6 is 0 Å². The van der Waals surface area contributed by atoms with Crippen LogP contribution in [0, 0.1) is 0 Å². The van der Waals surface area contributed by atoms with Crippen LogP contribution in [0.4, 0.5) is 22.0 Å². The van der Waals surface area contributed by atoms with Crippen LogP contribution in [0.2, 0.25) is 0 Å². The highest BCUT2D eigenvalue weighted by Crippen LogP contribution is 2.39. The third kappa shape index (κ3) is 5.10. The van der Waals surface area contributed by atoms with Gasteiger partial charge in [0.1, 0.15) is 23.6 Å². The van der Waals surface area contributed by atoms with Crippen LogP contribution in [-0.2, 0) is 11.8 Å². The zero-order valence-corrected chi connectivity index (χ0v) is 19.8. The van der Waals surface area contributed by atoms with Crippen molar-refractivity contribution in [1.82, 2.24) is 14.9 Å². The molecule has 1 aliphatic heterocycles. The summed E-state index contributed by atoms with van der Waals surface area (Å²) in [4.78, 5) is 15.9. The van der Waals surface area contributed by atoms with Gasteiger partial charge in [-0.05, 0) is 45.7 Å². The quantitative estimate of drug-likeness (QED) is 0.453. The Balaban J connectivity index is 1.58. The Bertz CT molecular complexity index is 1290. The van der Waals surface area contributed by atoms with Crippen LogP contribution in [0.5, 0.6) is 5.75 Å². The summed E-state index contributed by atoms with van der Waals surface area (Å²) >= 11 is 0. The van der Waals surface area contributed by atoms with Crippen molar-refractivity contribution in [1.29, 1.82) is 0 Å². The summed E-state index contributed by atoms with van der Waals surface area (Å²) in [7, 11) is 0. The van der Waals surface area contributed by atoms with Gasteiger partial charge in [-0.25, -0.2) is 13.6 Å². The van der Waals surface area contributed by atoms with Crippen molar-refractivity contribution in [3.05, 3.63) is 57.8 Å². The lowest BCUT2D eigenvalue weighted by molar-refractivity contribution is -0.136. The van der Waals surface area contributed by atoms with E-state index in [1.807, 2.05) is 6.92 Å². The van der Waals surface area contributed by atoms with Gasteiger partial charge >= 0.3 is 11.9 Å². The fraction of sp³-hybridized carbons (Fsp3) is 0.500. The average Bonchev–Trinajstić information content (AvgIpc) is 3.11. The van der Waals surface area contributed by atoms with Crippen molar-refractivity contribution in [3.8, 4) is 5.75 Å². The Hall–Kier alpha value is -2.99. The third-order valence-electron chi connectivity index (χ3n) is 6.25. The Morgan fingerprint density at radius 2 is 2.00 bits per heavy atom. The Morgan fingerprint density at radius 1 is 1.28 bits per heavy atom. The molecular weight excluding hydrogens is 489 g/mol. The predicted octanol–water partition coefficient (Wildman–Crippen LogP) is 4.93. The van der Waals surface area contributed by atoms with E-state index in [1.54, 1.807) is 13.8 Å². The number of aliphatic hydroxyl groups is 1. The van der Waals surface area contributed by atoms with Crippen LogP contribution in [0.25, 0.3) is 11.1 Å². The first-order valence-electron chi connectivity index (χ1n) is 11.4. The van der Waals surface area contributed by atoms with Crippen LogP contribution in [0.15, 0.2) is 39.7 Å². The van der Waals surface area contributed by atoms with E-state index in [-0.39, 0.29) is 42.3 Å². The predicted molar refractivity (Wildman–Crippen MR) is 120 cm³/mol. The minimum atomic E-state index is -4.76. The molecule has 0 unspecified atom stereocenters. The van der Waals surface area contributed by atoms with Gasteiger partial charge in [-0.3, -0.25) is 9.55 Å². The first-order chi connectivity index (χ1) is 16.8. The average molecular weight is 515 g/mol. The molecule has 0 bridgehead atoms. The fourth-order valence-electron chi connectivity index (χ4n) is 4.78. The zero-order valence-electron chi connectivity index (χ0n) is 19.8. The van der Waals surface area contributed by atoms with Crippen molar-refractivity contribution in [3.63, 3.8) is 0 Å². The Labute approximate surface area is 202 Å². The summed E-state index contributed by atoms with van der Waals surface area (Å²) in [6.45, 7) is 4.87. The number of nitrogens with one attached hydrogen (secondary N) is 1. The molecule has 1 aromatic carbocycles. The smallest absolute Gasteiger partial charge is 0.420 e. The maximum absolute atomic E-state index is 13.9. The molecule has 0 saturated carbocycles. The van der Waals surface area contributed by atoms with E-state index in [2.05, 4.69) is 10.3 Å². The number of alkyl halides is 5. The number of fused-ring (bicyclic) bond motifs is 1. The number of hydrogen-bond donors (Lipinski definition) is 2. The standard InChI is InChI=1S/C24H26F5N3O4/c1-12(2)32-20-17(24(27,28)29)6-16(7-19(20)36-22(32)33)35-11-15-9-23(34,8-13(3)31-15)14-4-5-18(21(25)26)30-10-14/h4-7,10,12-13,15,21,31,34H,8-9,11H2,1-3H3/t13-,15-,23-/m0/s1. The minimum absolute atomic E-state index is 0.104. The maximum Gasteiger partial charge on any atom is 0.420 e. The molecule has 1 saturated heterocycles. The summed E-state index contributed by atoms with van der Waals surface area (Å²) < 4.78 is 78.9. The second-order valence-corrected chi connectivity index (χ2v) is 9.43. The molecule has 0 radical (unpaired) electrons. The van der Waals surface area contributed by atoms with E-state index < -0.39 is 47.3 Å². The molecule has 0 spiro atoms. The molecule has 0 amide bonds. The Morgan fingerprint density at radius 3 is 2.58 bits per heavy atom. The molecule has 3 atom stereocenters. The number of benzene rings is 1. The highest BCUT2D eigenvalue weighted by Gasteiger charge is 2.40. The lowest BCUT2D eigenvalue weighted by Gasteiger charge is -2.41. The monoisotopic (exact) mass is 515 g/mol. The molecule has 0 aliphatic carbocycles. The van der Waals surface area contributed by atoms with Crippen molar-refractivity contribution in [2.75, 3.05) is 6.61 Å². The summed E-state index contributed by atoms with van der Waals surface area (Å²) in [6.07, 6.45) is -5.90. The molecule has 1 aliphatic rings. The fourth-order valence-corrected chi connectivity index (χ4v) is 4.78. The van der Waals surface area contributed by atoms with E-state index >= 15 is 0 Å². The molecule has 7 nitrogen and oxygen atoms in total. The second-order valence-electron chi connectivity index (χ2n) is 9.43. The zero-order chi connectivity index (χ0) is 26.4. The first kappa shape index (κ1) is 26.1. The van der Waals surface area contributed by atoms with E-state index in [1.165, 1.54) is 18.3 Å². The van der Waals surface area contributed by atoms with Gasteiger partial charge in [-0.2, -0.15) is 13.2 Å². The van der Waals surface area contributed by atoms with Gasteiger partial charge in [-0.1, -0.05) is 6.07 Å². The van der Waals surface area contributed by atoms with Crippen molar-refractivity contribution in [2.24, 2.45) is 0 Å². The summed E-state index contributed by atoms with van der Waals surface area (Å²) in [6, 6.07) is 3.36. The van der Waals surface area contributed by atoms with Crippen molar-refractivity contribution >= 4 is 11.1 Å². The molecular formula is C24H26F5N3O4. The molecule has 3 aromatic rings. The van der Waals surface area contributed by atoms with Crippen molar-refractivity contribution < 1.29 is 36.2 Å². The van der Waals surface area contributed by atoms with Crippen LogP contribution in [-0.4, -0.2) is 33.3 Å². The van der Waals surface area contributed by atoms with E-state index in [9.17, 15) is 31.9 Å². The van der Waals surface area contributed by atoms with Gasteiger partial charge in [0, 0.05) is 36.0 Å². The molecule has 1 fully saturated rings. The number of ether oxygens (including phenoxy) is 1. The number of aromatic nitrogens is 2. The van der Waals surface area contributed by atoms with Gasteiger partial charge in [0.25, 0.3) is 6.43 Å². The molecule has 2 aromatic heterocycles. The normalized spacial score (nSPS) is 23.1. The molecule has 196 valence electrons. The first-order valence-corrected chi connectivity index (χ1v) is 11.4. The highest BCUT2D eigenvalue weighted by atomic mass is 19.4. The lowest BCUT2D eigenvalue weighted by Crippen LogP contribution is -2.53. The molecule has 12 heteroatoms. The topological polar surface area (TPSA) is 89.5 Å². The second kappa shape index (κ2) is 9.47. The molecule has 3 heterocycles. The van der Waals surface area contributed by atoms with Gasteiger partial charge in [0.2, 0.25) is 0 Å². The molecule has 36 heavy (non-hydrogen) atoms. The number of piperidine rings is 1. The van der Waals surface area contributed by atoms with Gasteiger partial charge in [-0.15, -0.1) is 0 Å². The lowest BCUT2D eigenvalue weighted by atomic mass is 9.79.